The lowest BCUT2D eigenvalue weighted by Crippen LogP contribution is -2.44. The monoisotopic (exact) mass is 388 g/mol. The van der Waals surface area contributed by atoms with E-state index in [4.69, 9.17) is 4.74 Å². The van der Waals surface area contributed by atoms with Crippen LogP contribution in [-0.4, -0.2) is 26.2 Å². The second-order valence-corrected chi connectivity index (χ2v) is 6.48. The van der Waals surface area contributed by atoms with Gasteiger partial charge in [0.15, 0.2) is 0 Å². The maximum absolute atomic E-state index is 11.5. The van der Waals surface area contributed by atoms with Crippen LogP contribution in [0.3, 0.4) is 0 Å². The summed E-state index contributed by atoms with van der Waals surface area (Å²) in [5.41, 5.74) is 4.66. The second kappa shape index (κ2) is 7.26. The van der Waals surface area contributed by atoms with Gasteiger partial charge in [-0.15, -0.1) is 0 Å². The maximum atomic E-state index is 11.5. The third kappa shape index (κ3) is 4.09. The number of benzene rings is 1. The summed E-state index contributed by atoms with van der Waals surface area (Å²) in [5.74, 6) is 0.0242. The Morgan fingerprint density at radius 1 is 1.25 bits per heavy atom. The van der Waals surface area contributed by atoms with Gasteiger partial charge in [-0.05, 0) is 72.5 Å². The van der Waals surface area contributed by atoms with E-state index < -0.39 is 0 Å². The largest absolute Gasteiger partial charge is 0.469 e. The molecular weight excluding hydrogens is 367 g/mol. The average molecular weight is 388 g/mol. The minimum Gasteiger partial charge on any atom is -0.469 e. The molecule has 4 nitrogen and oxygen atoms in total. The van der Waals surface area contributed by atoms with E-state index in [9.17, 15) is 4.79 Å². The Balaban J connectivity index is 1.83. The summed E-state index contributed by atoms with van der Waals surface area (Å²) in [6, 6.07) is 8.84. The zero-order chi connectivity index (χ0) is 14.5. The second-order valence-electron chi connectivity index (χ2n) is 5.24. The van der Waals surface area contributed by atoms with E-state index in [1.54, 1.807) is 0 Å². The van der Waals surface area contributed by atoms with Gasteiger partial charge in [-0.1, -0.05) is 0 Å². The van der Waals surface area contributed by atoms with E-state index in [0.717, 1.165) is 31.4 Å². The summed E-state index contributed by atoms with van der Waals surface area (Å²) < 4.78 is 6.05. The van der Waals surface area contributed by atoms with Gasteiger partial charge in [-0.3, -0.25) is 4.79 Å². The van der Waals surface area contributed by atoms with Crippen LogP contribution < -0.4 is 10.4 Å². The fraction of sp³-hybridized carbons (Fsp3) is 0.533. The Hall–Kier alpha value is -0.820. The van der Waals surface area contributed by atoms with E-state index in [0.29, 0.717) is 6.04 Å². The Kier molecular flexibility index (Phi) is 5.65. The standard InChI is InChI=1S/C15H21IN2O2/c1-18(14-9-5-12(16)6-10-14)17-13-7-3-11(4-8-13)15(19)20-2/h5-6,9-11,13,17H,3-4,7-8H2,1-2H3. The molecule has 1 aromatic carbocycles. The highest BCUT2D eigenvalue weighted by Gasteiger charge is 2.27. The first-order valence-corrected chi connectivity index (χ1v) is 8.01. The molecule has 0 spiro atoms. The molecule has 20 heavy (non-hydrogen) atoms. The molecule has 1 aliphatic carbocycles. The number of nitrogens with one attached hydrogen (secondary N) is 1. The van der Waals surface area contributed by atoms with Crippen LogP contribution in [0.15, 0.2) is 24.3 Å². The van der Waals surface area contributed by atoms with Gasteiger partial charge in [0.05, 0.1) is 18.7 Å². The summed E-state index contributed by atoms with van der Waals surface area (Å²) in [5, 5.41) is 2.07. The number of hydrazine groups is 1. The molecule has 0 radical (unpaired) electrons. The molecule has 1 aromatic rings. The van der Waals surface area contributed by atoms with Crippen molar-refractivity contribution in [3.63, 3.8) is 0 Å². The lowest BCUT2D eigenvalue weighted by atomic mass is 9.86. The summed E-state index contributed by atoms with van der Waals surface area (Å²) in [4.78, 5) is 11.5. The van der Waals surface area contributed by atoms with Crippen LogP contribution in [0.1, 0.15) is 25.7 Å². The zero-order valence-electron chi connectivity index (χ0n) is 11.9. The van der Waals surface area contributed by atoms with Crippen LogP contribution in [0.25, 0.3) is 0 Å². The van der Waals surface area contributed by atoms with Crippen molar-refractivity contribution in [1.29, 1.82) is 0 Å². The topological polar surface area (TPSA) is 41.6 Å². The normalized spacial score (nSPS) is 22.4. The minimum absolute atomic E-state index is 0.0607. The first-order valence-electron chi connectivity index (χ1n) is 6.93. The molecule has 1 aliphatic rings. The van der Waals surface area contributed by atoms with Gasteiger partial charge < -0.3 is 9.75 Å². The molecule has 0 unspecified atom stereocenters. The summed E-state index contributed by atoms with van der Waals surface area (Å²) in [6.07, 6.45) is 3.83. The third-order valence-corrected chi connectivity index (χ3v) is 4.57. The molecule has 1 fully saturated rings. The molecule has 0 atom stereocenters. The first kappa shape index (κ1) is 15.6. The fourth-order valence-corrected chi connectivity index (χ4v) is 3.00. The smallest absolute Gasteiger partial charge is 0.308 e. The number of nitrogens with zero attached hydrogens (tertiary/aromatic N) is 1. The average Bonchev–Trinajstić information content (AvgIpc) is 2.48. The van der Waals surface area contributed by atoms with Gasteiger partial charge in [0.1, 0.15) is 0 Å². The molecular formula is C15H21IN2O2. The third-order valence-electron chi connectivity index (χ3n) is 3.85. The molecule has 110 valence electrons. The molecule has 0 aliphatic heterocycles. The number of ether oxygens (including phenoxy) is 1. The van der Waals surface area contributed by atoms with E-state index >= 15 is 0 Å². The fourth-order valence-electron chi connectivity index (χ4n) is 2.64. The van der Waals surface area contributed by atoms with Gasteiger partial charge in [0.2, 0.25) is 0 Å². The Bertz CT molecular complexity index is 442. The highest BCUT2D eigenvalue weighted by atomic mass is 127. The van der Waals surface area contributed by atoms with E-state index in [1.807, 2.05) is 7.05 Å². The van der Waals surface area contributed by atoms with Crippen molar-refractivity contribution in [2.75, 3.05) is 19.2 Å². The van der Waals surface area contributed by atoms with Crippen LogP contribution in [0, 0.1) is 9.49 Å². The Morgan fingerprint density at radius 3 is 2.40 bits per heavy atom. The highest BCUT2D eigenvalue weighted by Crippen LogP contribution is 2.26. The SMILES string of the molecule is COC(=O)C1CCC(NN(C)c2ccc(I)cc2)CC1. The van der Waals surface area contributed by atoms with Crippen molar-refractivity contribution in [3.8, 4) is 0 Å². The molecule has 0 heterocycles. The molecule has 0 saturated heterocycles. The number of hydrogen-bond acceptors (Lipinski definition) is 4. The Morgan fingerprint density at radius 2 is 1.85 bits per heavy atom. The zero-order valence-corrected chi connectivity index (χ0v) is 14.1. The molecule has 1 saturated carbocycles. The van der Waals surface area contributed by atoms with Gasteiger partial charge in [-0.25, -0.2) is 5.43 Å². The molecule has 0 bridgehead atoms. The van der Waals surface area contributed by atoms with E-state index in [-0.39, 0.29) is 11.9 Å². The van der Waals surface area contributed by atoms with Crippen LogP contribution in [0.2, 0.25) is 0 Å². The first-order chi connectivity index (χ1) is 9.60. The maximum Gasteiger partial charge on any atom is 0.308 e. The summed E-state index contributed by atoms with van der Waals surface area (Å²) in [7, 11) is 3.51. The summed E-state index contributed by atoms with van der Waals surface area (Å²) >= 11 is 2.30. The lowest BCUT2D eigenvalue weighted by Gasteiger charge is -2.32. The number of carbonyl (C=O) groups is 1. The van der Waals surface area contributed by atoms with Crippen molar-refractivity contribution in [2.45, 2.75) is 31.7 Å². The number of rotatable bonds is 4. The molecule has 0 amide bonds. The predicted molar refractivity (Wildman–Crippen MR) is 88.5 cm³/mol. The number of carbonyl (C=O) groups excluding carboxylic acids is 1. The van der Waals surface area contributed by atoms with Crippen LogP contribution in [-0.2, 0) is 9.53 Å². The van der Waals surface area contributed by atoms with Gasteiger partial charge in [0.25, 0.3) is 0 Å². The number of esters is 1. The van der Waals surface area contributed by atoms with Crippen molar-refractivity contribution < 1.29 is 9.53 Å². The van der Waals surface area contributed by atoms with E-state index in [2.05, 4.69) is 57.3 Å². The number of anilines is 1. The number of hydrogen-bond donors (Lipinski definition) is 1. The van der Waals surface area contributed by atoms with Crippen molar-refractivity contribution in [3.05, 3.63) is 27.8 Å². The predicted octanol–water partition coefficient (Wildman–Crippen LogP) is 2.96. The number of halogens is 1. The van der Waals surface area contributed by atoms with Crippen molar-refractivity contribution in [2.24, 2.45) is 5.92 Å². The van der Waals surface area contributed by atoms with Gasteiger partial charge >= 0.3 is 5.97 Å². The molecule has 1 N–H and O–H groups in total. The Labute approximate surface area is 134 Å². The lowest BCUT2D eigenvalue weighted by molar-refractivity contribution is -0.146. The van der Waals surface area contributed by atoms with E-state index in [1.165, 1.54) is 10.7 Å². The van der Waals surface area contributed by atoms with Crippen LogP contribution in [0.4, 0.5) is 5.69 Å². The summed E-state index contributed by atoms with van der Waals surface area (Å²) in [6.45, 7) is 0. The molecule has 2 rings (SSSR count). The van der Waals surface area contributed by atoms with Gasteiger partial charge in [0, 0.05) is 16.7 Å². The highest BCUT2D eigenvalue weighted by molar-refractivity contribution is 14.1. The van der Waals surface area contributed by atoms with Gasteiger partial charge in [-0.2, -0.15) is 0 Å². The number of methoxy groups -OCH3 is 1. The van der Waals surface area contributed by atoms with Crippen LogP contribution >= 0.6 is 22.6 Å². The quantitative estimate of drug-likeness (QED) is 0.489. The molecule has 5 heteroatoms. The van der Waals surface area contributed by atoms with Crippen molar-refractivity contribution >= 4 is 34.2 Å². The minimum atomic E-state index is -0.0607. The van der Waals surface area contributed by atoms with Crippen LogP contribution in [0.5, 0.6) is 0 Å². The van der Waals surface area contributed by atoms with Crippen molar-refractivity contribution in [1.82, 2.24) is 5.43 Å². The molecule has 0 aromatic heterocycles.